The molecule has 5 heteroatoms. The second-order valence-corrected chi connectivity index (χ2v) is 3.37. The molecular formula is C8H18Cl2N2O. The minimum atomic E-state index is 0. The van der Waals surface area contributed by atoms with Gasteiger partial charge in [-0.25, -0.2) is 0 Å². The molecule has 2 fully saturated rings. The number of halogens is 2. The van der Waals surface area contributed by atoms with Crippen LogP contribution in [0.15, 0.2) is 0 Å². The van der Waals surface area contributed by atoms with Gasteiger partial charge in [-0.1, -0.05) is 0 Å². The monoisotopic (exact) mass is 228 g/mol. The Labute approximate surface area is 91.8 Å². The molecule has 0 radical (unpaired) electrons. The van der Waals surface area contributed by atoms with Crippen LogP contribution >= 0.6 is 24.8 Å². The molecule has 0 saturated carbocycles. The molecule has 80 valence electrons. The molecule has 0 amide bonds. The third kappa shape index (κ3) is 4.00. The second kappa shape index (κ2) is 6.85. The average Bonchev–Trinajstić information content (AvgIpc) is 1.99. The highest BCUT2D eigenvalue weighted by Crippen LogP contribution is 2.11. The molecule has 3 nitrogen and oxygen atoms in total. The molecule has 0 aromatic rings. The van der Waals surface area contributed by atoms with Gasteiger partial charge in [0, 0.05) is 13.1 Å². The molecule has 13 heavy (non-hydrogen) atoms. The van der Waals surface area contributed by atoms with Crippen molar-refractivity contribution in [3.63, 3.8) is 0 Å². The van der Waals surface area contributed by atoms with E-state index in [0.29, 0.717) is 12.2 Å². The molecule has 0 aromatic heterocycles. The molecule has 0 aliphatic carbocycles. The molecule has 0 unspecified atom stereocenters. The number of hydrogen-bond donors (Lipinski definition) is 2. The van der Waals surface area contributed by atoms with Crippen molar-refractivity contribution < 1.29 is 4.74 Å². The van der Waals surface area contributed by atoms with Crippen molar-refractivity contribution in [1.82, 2.24) is 10.6 Å². The first-order valence-electron chi connectivity index (χ1n) is 4.52. The summed E-state index contributed by atoms with van der Waals surface area (Å²) in [6.07, 6.45) is 3.42. The molecule has 2 aliphatic heterocycles. The lowest BCUT2D eigenvalue weighted by Crippen LogP contribution is -2.51. The molecule has 2 N–H and O–H groups in total. The Morgan fingerprint density at radius 2 is 1.46 bits per heavy atom. The molecule has 0 spiro atoms. The van der Waals surface area contributed by atoms with E-state index < -0.39 is 0 Å². The number of ether oxygens (including phenoxy) is 1. The fraction of sp³-hybridized carbons (Fsp3) is 1.00. The summed E-state index contributed by atoms with van der Waals surface area (Å²) in [5, 5.41) is 6.54. The Kier molecular flexibility index (Phi) is 7.09. The molecule has 2 rings (SSSR count). The zero-order valence-electron chi connectivity index (χ0n) is 7.62. The molecule has 2 saturated heterocycles. The van der Waals surface area contributed by atoms with Gasteiger partial charge in [-0.05, 0) is 25.9 Å². The SMILES string of the molecule is C1CC(OC2CNC2)CCN1.Cl.Cl. The van der Waals surface area contributed by atoms with Crippen LogP contribution < -0.4 is 10.6 Å². The predicted octanol–water partition coefficient (Wildman–Crippen LogP) is 0.570. The van der Waals surface area contributed by atoms with Crippen molar-refractivity contribution in [2.24, 2.45) is 0 Å². The Bertz CT molecular complexity index is 127. The fourth-order valence-corrected chi connectivity index (χ4v) is 1.56. The minimum Gasteiger partial charge on any atom is -0.372 e. The molecule has 0 atom stereocenters. The van der Waals surface area contributed by atoms with Crippen LogP contribution in [0.25, 0.3) is 0 Å². The first kappa shape index (κ1) is 13.5. The molecule has 0 bridgehead atoms. The number of piperidine rings is 1. The first-order valence-corrected chi connectivity index (χ1v) is 4.52. The zero-order valence-corrected chi connectivity index (χ0v) is 9.26. The van der Waals surface area contributed by atoms with Gasteiger partial charge in [-0.3, -0.25) is 0 Å². The molecule has 2 heterocycles. The van der Waals surface area contributed by atoms with E-state index in [2.05, 4.69) is 10.6 Å². The second-order valence-electron chi connectivity index (χ2n) is 3.37. The number of rotatable bonds is 2. The van der Waals surface area contributed by atoms with Gasteiger partial charge in [0.05, 0.1) is 12.2 Å². The van der Waals surface area contributed by atoms with E-state index in [1.165, 1.54) is 12.8 Å². The molecule has 0 aromatic carbocycles. The highest BCUT2D eigenvalue weighted by molar-refractivity contribution is 5.85. The average molecular weight is 229 g/mol. The summed E-state index contributed by atoms with van der Waals surface area (Å²) in [5.41, 5.74) is 0. The van der Waals surface area contributed by atoms with Crippen molar-refractivity contribution >= 4 is 24.8 Å². The maximum absolute atomic E-state index is 5.82. The highest BCUT2D eigenvalue weighted by Gasteiger charge is 2.22. The normalized spacial score (nSPS) is 24.0. The van der Waals surface area contributed by atoms with Crippen molar-refractivity contribution in [2.75, 3.05) is 26.2 Å². The van der Waals surface area contributed by atoms with Gasteiger partial charge in [-0.15, -0.1) is 24.8 Å². The third-order valence-electron chi connectivity index (χ3n) is 2.42. The van der Waals surface area contributed by atoms with E-state index in [4.69, 9.17) is 4.74 Å². The van der Waals surface area contributed by atoms with Gasteiger partial charge in [0.1, 0.15) is 0 Å². The van der Waals surface area contributed by atoms with Crippen LogP contribution in [0.1, 0.15) is 12.8 Å². The van der Waals surface area contributed by atoms with Gasteiger partial charge in [-0.2, -0.15) is 0 Å². The lowest BCUT2D eigenvalue weighted by Gasteiger charge is -2.33. The van der Waals surface area contributed by atoms with Gasteiger partial charge >= 0.3 is 0 Å². The van der Waals surface area contributed by atoms with E-state index in [1.807, 2.05) is 0 Å². The van der Waals surface area contributed by atoms with Crippen LogP contribution in [-0.2, 0) is 4.74 Å². The minimum absolute atomic E-state index is 0. The predicted molar refractivity (Wildman–Crippen MR) is 58.1 cm³/mol. The zero-order chi connectivity index (χ0) is 7.52. The van der Waals surface area contributed by atoms with Crippen molar-refractivity contribution in [2.45, 2.75) is 25.0 Å². The lowest BCUT2D eigenvalue weighted by molar-refractivity contribution is -0.0490. The van der Waals surface area contributed by atoms with E-state index in [1.54, 1.807) is 0 Å². The fourth-order valence-electron chi connectivity index (χ4n) is 1.56. The van der Waals surface area contributed by atoms with E-state index in [9.17, 15) is 0 Å². The summed E-state index contributed by atoms with van der Waals surface area (Å²) in [5.74, 6) is 0. The van der Waals surface area contributed by atoms with Gasteiger partial charge in [0.2, 0.25) is 0 Å². The largest absolute Gasteiger partial charge is 0.372 e. The summed E-state index contributed by atoms with van der Waals surface area (Å²) in [6.45, 7) is 4.38. The Balaban J connectivity index is 0.000000720. The van der Waals surface area contributed by atoms with Crippen molar-refractivity contribution in [3.8, 4) is 0 Å². The van der Waals surface area contributed by atoms with Gasteiger partial charge in [0.25, 0.3) is 0 Å². The summed E-state index contributed by atoms with van der Waals surface area (Å²) in [4.78, 5) is 0. The number of hydrogen-bond acceptors (Lipinski definition) is 3. The van der Waals surface area contributed by atoms with E-state index in [-0.39, 0.29) is 24.8 Å². The molecular weight excluding hydrogens is 211 g/mol. The van der Waals surface area contributed by atoms with Crippen LogP contribution in [0.3, 0.4) is 0 Å². The highest BCUT2D eigenvalue weighted by atomic mass is 35.5. The van der Waals surface area contributed by atoms with E-state index in [0.717, 1.165) is 26.2 Å². The summed E-state index contributed by atoms with van der Waals surface area (Å²) in [6, 6.07) is 0. The Hall–Kier alpha value is 0.460. The van der Waals surface area contributed by atoms with Crippen LogP contribution in [0.5, 0.6) is 0 Å². The topological polar surface area (TPSA) is 33.3 Å². The Morgan fingerprint density at radius 1 is 0.846 bits per heavy atom. The quantitative estimate of drug-likeness (QED) is 0.726. The lowest BCUT2D eigenvalue weighted by atomic mass is 10.1. The Morgan fingerprint density at radius 3 is 1.92 bits per heavy atom. The first-order chi connectivity index (χ1) is 5.45. The van der Waals surface area contributed by atoms with Crippen molar-refractivity contribution in [1.29, 1.82) is 0 Å². The summed E-state index contributed by atoms with van der Waals surface area (Å²) in [7, 11) is 0. The smallest absolute Gasteiger partial charge is 0.0827 e. The van der Waals surface area contributed by atoms with Crippen LogP contribution in [0.2, 0.25) is 0 Å². The third-order valence-corrected chi connectivity index (χ3v) is 2.42. The van der Waals surface area contributed by atoms with Crippen LogP contribution in [0.4, 0.5) is 0 Å². The molecule has 2 aliphatic rings. The van der Waals surface area contributed by atoms with Crippen LogP contribution in [0, 0.1) is 0 Å². The van der Waals surface area contributed by atoms with Gasteiger partial charge < -0.3 is 15.4 Å². The van der Waals surface area contributed by atoms with Crippen molar-refractivity contribution in [3.05, 3.63) is 0 Å². The standard InChI is InChI=1S/C8H16N2O.2ClH/c1-3-9-4-2-7(1)11-8-5-10-6-8;;/h7-10H,1-6H2;2*1H. The van der Waals surface area contributed by atoms with E-state index >= 15 is 0 Å². The maximum atomic E-state index is 5.82. The summed E-state index contributed by atoms with van der Waals surface area (Å²) < 4.78 is 5.82. The summed E-state index contributed by atoms with van der Waals surface area (Å²) >= 11 is 0. The number of nitrogens with one attached hydrogen (secondary N) is 2. The maximum Gasteiger partial charge on any atom is 0.0827 e. The van der Waals surface area contributed by atoms with Gasteiger partial charge in [0.15, 0.2) is 0 Å². The van der Waals surface area contributed by atoms with Crippen LogP contribution in [-0.4, -0.2) is 38.4 Å².